The standard InChI is InChI=1S/C6H10O4.Au/c1-4(2)6(9)10-3-5(7)8;/h4H,3H2,1-2H3,(H,7,8);. The van der Waals surface area contributed by atoms with Crippen LogP contribution in [-0.4, -0.2) is 23.7 Å². The van der Waals surface area contributed by atoms with E-state index in [9.17, 15) is 9.59 Å². The third-order valence-electron chi connectivity index (χ3n) is 0.809. The van der Waals surface area contributed by atoms with Gasteiger partial charge in [0.25, 0.3) is 0 Å². The van der Waals surface area contributed by atoms with Crippen LogP contribution in [0.25, 0.3) is 0 Å². The Balaban J connectivity index is 0. The maximum Gasteiger partial charge on any atom is 0.341 e. The van der Waals surface area contributed by atoms with Crippen LogP contribution in [0.1, 0.15) is 13.8 Å². The zero-order chi connectivity index (χ0) is 8.15. The molecule has 0 aliphatic heterocycles. The first kappa shape index (κ1) is 13.3. The molecule has 69 valence electrons. The Morgan fingerprint density at radius 1 is 1.45 bits per heavy atom. The van der Waals surface area contributed by atoms with E-state index in [1.807, 2.05) is 0 Å². The van der Waals surface area contributed by atoms with Gasteiger partial charge in [-0.25, -0.2) is 4.79 Å². The van der Waals surface area contributed by atoms with Crippen LogP contribution in [0.3, 0.4) is 0 Å². The number of hydrogen-bond acceptors (Lipinski definition) is 3. The van der Waals surface area contributed by atoms with Crippen LogP contribution in [0.15, 0.2) is 0 Å². The molecule has 0 amide bonds. The van der Waals surface area contributed by atoms with Crippen LogP contribution in [0.4, 0.5) is 0 Å². The summed E-state index contributed by atoms with van der Waals surface area (Å²) < 4.78 is 4.33. The van der Waals surface area contributed by atoms with Crippen molar-refractivity contribution in [2.24, 2.45) is 5.92 Å². The maximum absolute atomic E-state index is 10.6. The molecule has 0 unspecified atom stereocenters. The minimum absolute atomic E-state index is 0. The second kappa shape index (κ2) is 6.39. The minimum Gasteiger partial charge on any atom is -0.479 e. The van der Waals surface area contributed by atoms with Crippen molar-refractivity contribution in [3.05, 3.63) is 0 Å². The van der Waals surface area contributed by atoms with Crippen LogP contribution in [0.5, 0.6) is 0 Å². The van der Waals surface area contributed by atoms with Gasteiger partial charge < -0.3 is 9.84 Å². The molecule has 0 spiro atoms. The molecule has 0 aromatic rings. The quantitative estimate of drug-likeness (QED) is 0.590. The fourth-order valence-electron chi connectivity index (χ4n) is 0.300. The van der Waals surface area contributed by atoms with Crippen LogP contribution < -0.4 is 0 Å². The Kier molecular flexibility index (Phi) is 7.72. The monoisotopic (exact) mass is 343 g/mol. The van der Waals surface area contributed by atoms with Crippen molar-refractivity contribution in [1.29, 1.82) is 0 Å². The molecule has 1 N–H and O–H groups in total. The van der Waals surface area contributed by atoms with Crippen molar-refractivity contribution in [3.63, 3.8) is 0 Å². The van der Waals surface area contributed by atoms with E-state index in [1.54, 1.807) is 13.8 Å². The summed E-state index contributed by atoms with van der Waals surface area (Å²) in [5, 5.41) is 8.07. The normalized spacial score (nSPS) is 8.64. The molecule has 0 saturated carbocycles. The molecule has 4 nitrogen and oxygen atoms in total. The largest absolute Gasteiger partial charge is 0.479 e. The van der Waals surface area contributed by atoms with Crippen molar-refractivity contribution < 1.29 is 41.8 Å². The van der Waals surface area contributed by atoms with Gasteiger partial charge in [0.1, 0.15) is 0 Å². The first-order valence-electron chi connectivity index (χ1n) is 2.92. The maximum atomic E-state index is 10.6. The van der Waals surface area contributed by atoms with Crippen LogP contribution in [0, 0.1) is 5.92 Å². The SMILES string of the molecule is CC(C)C(=O)OCC(=O)O.[Au]. The zero-order valence-corrected chi connectivity index (χ0v) is 8.42. The van der Waals surface area contributed by atoms with E-state index in [-0.39, 0.29) is 28.3 Å². The molecule has 0 aliphatic carbocycles. The Bertz CT molecular complexity index is 144. The summed E-state index contributed by atoms with van der Waals surface area (Å²) in [6, 6.07) is 0. The van der Waals surface area contributed by atoms with Gasteiger partial charge in [0.15, 0.2) is 6.61 Å². The molecule has 0 bridgehead atoms. The Labute approximate surface area is 80.4 Å². The smallest absolute Gasteiger partial charge is 0.341 e. The number of ether oxygens (including phenoxy) is 1. The van der Waals surface area contributed by atoms with Gasteiger partial charge in [-0.05, 0) is 0 Å². The van der Waals surface area contributed by atoms with Gasteiger partial charge in [0.2, 0.25) is 0 Å². The molecule has 0 heterocycles. The average molecular weight is 343 g/mol. The Morgan fingerprint density at radius 3 is 2.18 bits per heavy atom. The van der Waals surface area contributed by atoms with E-state index in [4.69, 9.17) is 5.11 Å². The fourth-order valence-corrected chi connectivity index (χ4v) is 0.300. The molecule has 0 rings (SSSR count). The van der Waals surface area contributed by atoms with E-state index in [1.165, 1.54) is 0 Å². The molecule has 11 heavy (non-hydrogen) atoms. The molecule has 0 fully saturated rings. The fraction of sp³-hybridized carbons (Fsp3) is 0.667. The van der Waals surface area contributed by atoms with E-state index < -0.39 is 18.5 Å². The molecule has 0 aromatic heterocycles. The molecular formula is C6H10AuO4. The van der Waals surface area contributed by atoms with Crippen molar-refractivity contribution in [2.75, 3.05) is 6.61 Å². The minimum atomic E-state index is -1.13. The number of aliphatic carboxylic acids is 1. The summed E-state index contributed by atoms with van der Waals surface area (Å²) in [6.07, 6.45) is 0. The summed E-state index contributed by atoms with van der Waals surface area (Å²) in [7, 11) is 0. The van der Waals surface area contributed by atoms with Crippen LogP contribution in [0.2, 0.25) is 0 Å². The number of carboxylic acid groups (broad SMARTS) is 1. The summed E-state index contributed by atoms with van der Waals surface area (Å²) in [6.45, 7) is 2.74. The second-order valence-electron chi connectivity index (χ2n) is 2.16. The average Bonchev–Trinajstić information content (AvgIpc) is 1.82. The topological polar surface area (TPSA) is 63.6 Å². The first-order valence-corrected chi connectivity index (χ1v) is 2.92. The molecule has 0 atom stereocenters. The molecule has 0 aliphatic rings. The predicted octanol–water partition coefficient (Wildman–Crippen LogP) is 0.268. The van der Waals surface area contributed by atoms with Gasteiger partial charge in [-0.1, -0.05) is 13.8 Å². The van der Waals surface area contributed by atoms with Gasteiger partial charge in [-0.3, -0.25) is 4.79 Å². The van der Waals surface area contributed by atoms with Crippen molar-refractivity contribution >= 4 is 11.9 Å². The molecule has 1 radical (unpaired) electrons. The van der Waals surface area contributed by atoms with Gasteiger partial charge in [0.05, 0.1) is 5.92 Å². The van der Waals surface area contributed by atoms with Crippen LogP contribution >= 0.6 is 0 Å². The van der Waals surface area contributed by atoms with Crippen LogP contribution in [-0.2, 0) is 36.7 Å². The third-order valence-corrected chi connectivity index (χ3v) is 0.809. The number of carbonyl (C=O) groups excluding carboxylic acids is 1. The molecular weight excluding hydrogens is 333 g/mol. The Hall–Kier alpha value is -0.320. The van der Waals surface area contributed by atoms with Gasteiger partial charge in [-0.15, -0.1) is 0 Å². The summed E-state index contributed by atoms with van der Waals surface area (Å²) in [5.74, 6) is -1.88. The van der Waals surface area contributed by atoms with Crippen molar-refractivity contribution in [3.8, 4) is 0 Å². The molecule has 5 heteroatoms. The summed E-state index contributed by atoms with van der Waals surface area (Å²) in [4.78, 5) is 20.4. The molecule has 0 aromatic carbocycles. The van der Waals surface area contributed by atoms with E-state index >= 15 is 0 Å². The van der Waals surface area contributed by atoms with E-state index in [0.717, 1.165) is 0 Å². The number of carboxylic acids is 1. The molecule has 0 saturated heterocycles. The van der Waals surface area contributed by atoms with E-state index in [0.29, 0.717) is 0 Å². The van der Waals surface area contributed by atoms with E-state index in [2.05, 4.69) is 4.74 Å². The number of carbonyl (C=O) groups is 2. The van der Waals surface area contributed by atoms with Crippen molar-refractivity contribution in [2.45, 2.75) is 13.8 Å². The zero-order valence-electron chi connectivity index (χ0n) is 6.26. The van der Waals surface area contributed by atoms with Crippen molar-refractivity contribution in [1.82, 2.24) is 0 Å². The Morgan fingerprint density at radius 2 is 1.91 bits per heavy atom. The number of rotatable bonds is 3. The third kappa shape index (κ3) is 7.58. The second-order valence-corrected chi connectivity index (χ2v) is 2.16. The number of esters is 1. The first-order chi connectivity index (χ1) is 4.54. The summed E-state index contributed by atoms with van der Waals surface area (Å²) >= 11 is 0. The summed E-state index contributed by atoms with van der Waals surface area (Å²) in [5.41, 5.74) is 0. The van der Waals surface area contributed by atoms with Gasteiger partial charge in [0, 0.05) is 22.4 Å². The predicted molar refractivity (Wildman–Crippen MR) is 33.4 cm³/mol. The number of hydrogen-bond donors (Lipinski definition) is 1. The van der Waals surface area contributed by atoms with Gasteiger partial charge in [-0.2, -0.15) is 0 Å². The van der Waals surface area contributed by atoms with Gasteiger partial charge >= 0.3 is 11.9 Å².